The third-order valence-corrected chi connectivity index (χ3v) is 2.73. The van der Waals surface area contributed by atoms with Crippen molar-refractivity contribution in [3.05, 3.63) is 35.5 Å². The van der Waals surface area contributed by atoms with Gasteiger partial charge in [0.2, 0.25) is 5.95 Å². The first kappa shape index (κ1) is 14.6. The van der Waals surface area contributed by atoms with Crippen LogP contribution in [0.1, 0.15) is 11.1 Å². The standard InChI is InChI=1S/C14H16N6O/c15-8-10-7-11(6-9(13(10)16)2-1-5-21)19-12-3-4-18-14(17)20-12/h3-4,6-7,21H,5,8,15-16H2,(H3,17,18,19,20). The Balaban J connectivity index is 2.39. The van der Waals surface area contributed by atoms with Crippen molar-refractivity contribution in [3.63, 3.8) is 0 Å². The van der Waals surface area contributed by atoms with Gasteiger partial charge in [0.05, 0.1) is 5.69 Å². The van der Waals surface area contributed by atoms with E-state index in [1.54, 1.807) is 18.3 Å². The summed E-state index contributed by atoms with van der Waals surface area (Å²) in [5, 5.41) is 11.9. The Bertz CT molecular complexity index is 704. The molecule has 7 heteroatoms. The third kappa shape index (κ3) is 3.60. The highest BCUT2D eigenvalue weighted by molar-refractivity contribution is 5.70. The van der Waals surface area contributed by atoms with Crippen molar-refractivity contribution in [3.8, 4) is 11.8 Å². The molecule has 0 amide bonds. The van der Waals surface area contributed by atoms with E-state index in [0.717, 1.165) is 11.3 Å². The molecular weight excluding hydrogens is 268 g/mol. The predicted octanol–water partition coefficient (Wildman–Crippen LogP) is 0.187. The molecule has 0 fully saturated rings. The minimum absolute atomic E-state index is 0.176. The lowest BCUT2D eigenvalue weighted by atomic mass is 10.1. The second-order valence-electron chi connectivity index (χ2n) is 4.19. The number of benzene rings is 1. The SMILES string of the molecule is NCc1cc(Nc2ccnc(N)n2)cc(C#CCO)c1N. The number of aromatic nitrogens is 2. The number of aliphatic hydroxyl groups is 1. The Morgan fingerprint density at radius 3 is 2.76 bits per heavy atom. The van der Waals surface area contributed by atoms with Crippen molar-refractivity contribution in [1.29, 1.82) is 0 Å². The molecule has 0 spiro atoms. The molecule has 1 aromatic carbocycles. The number of anilines is 4. The third-order valence-electron chi connectivity index (χ3n) is 2.73. The molecule has 0 saturated heterocycles. The maximum atomic E-state index is 8.79. The van der Waals surface area contributed by atoms with Gasteiger partial charge in [-0.3, -0.25) is 0 Å². The molecule has 0 radical (unpaired) electrons. The maximum absolute atomic E-state index is 8.79. The van der Waals surface area contributed by atoms with Crippen LogP contribution in [0.15, 0.2) is 24.4 Å². The summed E-state index contributed by atoms with van der Waals surface area (Å²) in [5.41, 5.74) is 19.8. The maximum Gasteiger partial charge on any atom is 0.221 e. The lowest BCUT2D eigenvalue weighted by Crippen LogP contribution is -2.06. The van der Waals surface area contributed by atoms with Crippen LogP contribution in [-0.2, 0) is 6.54 Å². The largest absolute Gasteiger partial charge is 0.397 e. The van der Waals surface area contributed by atoms with Crippen LogP contribution in [0.3, 0.4) is 0 Å². The van der Waals surface area contributed by atoms with Gasteiger partial charge in [-0.1, -0.05) is 11.8 Å². The average Bonchev–Trinajstić information content (AvgIpc) is 2.47. The molecular formula is C14H16N6O. The Hall–Kier alpha value is -2.82. The van der Waals surface area contributed by atoms with Gasteiger partial charge in [-0.05, 0) is 23.8 Å². The van der Waals surface area contributed by atoms with Gasteiger partial charge in [-0.25, -0.2) is 4.98 Å². The molecule has 2 aromatic rings. The van der Waals surface area contributed by atoms with Crippen LogP contribution in [0.4, 0.5) is 23.1 Å². The quantitative estimate of drug-likeness (QED) is 0.401. The molecule has 0 aliphatic rings. The summed E-state index contributed by atoms with van der Waals surface area (Å²) >= 11 is 0. The second kappa shape index (κ2) is 6.56. The van der Waals surface area contributed by atoms with Crippen molar-refractivity contribution >= 4 is 23.1 Å². The van der Waals surface area contributed by atoms with Gasteiger partial charge in [0.15, 0.2) is 0 Å². The summed E-state index contributed by atoms with van der Waals surface area (Å²) < 4.78 is 0. The highest BCUT2D eigenvalue weighted by Crippen LogP contribution is 2.24. The van der Waals surface area contributed by atoms with Crippen LogP contribution < -0.4 is 22.5 Å². The highest BCUT2D eigenvalue weighted by atomic mass is 16.2. The van der Waals surface area contributed by atoms with Gasteiger partial charge < -0.3 is 27.6 Å². The van der Waals surface area contributed by atoms with Crippen LogP contribution >= 0.6 is 0 Å². The van der Waals surface area contributed by atoms with E-state index in [-0.39, 0.29) is 19.1 Å². The predicted molar refractivity (Wildman–Crippen MR) is 82.4 cm³/mol. The van der Waals surface area contributed by atoms with Gasteiger partial charge in [0, 0.05) is 24.0 Å². The van der Waals surface area contributed by atoms with Crippen LogP contribution in [0.25, 0.3) is 0 Å². The molecule has 2 rings (SSSR count). The first-order chi connectivity index (χ1) is 10.1. The fraction of sp³-hybridized carbons (Fsp3) is 0.143. The van der Waals surface area contributed by atoms with E-state index < -0.39 is 0 Å². The summed E-state index contributed by atoms with van der Waals surface area (Å²) in [6.45, 7) is 0.0402. The summed E-state index contributed by atoms with van der Waals surface area (Å²) in [6.07, 6.45) is 1.55. The number of rotatable bonds is 3. The molecule has 0 aliphatic heterocycles. The fourth-order valence-corrected chi connectivity index (χ4v) is 1.78. The lowest BCUT2D eigenvalue weighted by molar-refractivity contribution is 0.350. The zero-order valence-electron chi connectivity index (χ0n) is 11.3. The molecule has 1 aromatic heterocycles. The number of nitrogens with zero attached hydrogens (tertiary/aromatic N) is 2. The highest BCUT2D eigenvalue weighted by Gasteiger charge is 2.07. The van der Waals surface area contributed by atoms with E-state index in [1.165, 1.54) is 0 Å². The van der Waals surface area contributed by atoms with Gasteiger partial charge >= 0.3 is 0 Å². The smallest absolute Gasteiger partial charge is 0.221 e. The molecule has 0 saturated carbocycles. The molecule has 108 valence electrons. The summed E-state index contributed by atoms with van der Waals surface area (Å²) in [6, 6.07) is 5.27. The number of nitrogens with one attached hydrogen (secondary N) is 1. The minimum atomic E-state index is -0.239. The van der Waals surface area contributed by atoms with E-state index in [1.807, 2.05) is 6.07 Å². The van der Waals surface area contributed by atoms with Gasteiger partial charge in [-0.2, -0.15) is 4.98 Å². The second-order valence-corrected chi connectivity index (χ2v) is 4.19. The van der Waals surface area contributed by atoms with E-state index in [2.05, 4.69) is 27.1 Å². The summed E-state index contributed by atoms with van der Waals surface area (Å²) in [7, 11) is 0. The van der Waals surface area contributed by atoms with Crippen LogP contribution in [0.5, 0.6) is 0 Å². The van der Waals surface area contributed by atoms with E-state index in [9.17, 15) is 0 Å². The van der Waals surface area contributed by atoms with E-state index in [4.69, 9.17) is 22.3 Å². The molecule has 0 atom stereocenters. The minimum Gasteiger partial charge on any atom is -0.397 e. The molecule has 21 heavy (non-hydrogen) atoms. The Morgan fingerprint density at radius 1 is 1.29 bits per heavy atom. The van der Waals surface area contributed by atoms with Gasteiger partial charge in [0.25, 0.3) is 0 Å². The molecule has 0 bridgehead atoms. The normalized spacial score (nSPS) is 9.81. The number of hydrogen-bond acceptors (Lipinski definition) is 7. The molecule has 0 unspecified atom stereocenters. The molecule has 0 aliphatic carbocycles. The number of hydrogen-bond donors (Lipinski definition) is 5. The monoisotopic (exact) mass is 284 g/mol. The topological polar surface area (TPSA) is 136 Å². The van der Waals surface area contributed by atoms with Crippen molar-refractivity contribution in [1.82, 2.24) is 9.97 Å². The molecule has 8 N–H and O–H groups in total. The van der Waals surface area contributed by atoms with Crippen LogP contribution in [0, 0.1) is 11.8 Å². The van der Waals surface area contributed by atoms with Crippen LogP contribution in [-0.4, -0.2) is 21.7 Å². The molecule has 1 heterocycles. The number of aliphatic hydroxyl groups excluding tert-OH is 1. The Kier molecular flexibility index (Phi) is 4.56. The zero-order valence-corrected chi connectivity index (χ0v) is 11.3. The van der Waals surface area contributed by atoms with E-state index in [0.29, 0.717) is 17.1 Å². The van der Waals surface area contributed by atoms with Crippen molar-refractivity contribution in [2.45, 2.75) is 6.54 Å². The van der Waals surface area contributed by atoms with Crippen molar-refractivity contribution in [2.24, 2.45) is 5.73 Å². The van der Waals surface area contributed by atoms with E-state index >= 15 is 0 Å². The van der Waals surface area contributed by atoms with Gasteiger partial charge in [0.1, 0.15) is 12.4 Å². The Morgan fingerprint density at radius 2 is 2.10 bits per heavy atom. The first-order valence-corrected chi connectivity index (χ1v) is 6.21. The average molecular weight is 284 g/mol. The van der Waals surface area contributed by atoms with Gasteiger partial charge in [-0.15, -0.1) is 0 Å². The van der Waals surface area contributed by atoms with Crippen molar-refractivity contribution < 1.29 is 5.11 Å². The number of nitrogen functional groups attached to an aromatic ring is 2. The van der Waals surface area contributed by atoms with Crippen molar-refractivity contribution in [2.75, 3.05) is 23.4 Å². The fourth-order valence-electron chi connectivity index (χ4n) is 1.78. The summed E-state index contributed by atoms with van der Waals surface area (Å²) in [4.78, 5) is 7.88. The lowest BCUT2D eigenvalue weighted by Gasteiger charge is -2.11. The molecule has 7 nitrogen and oxygen atoms in total. The summed E-state index contributed by atoms with van der Waals surface area (Å²) in [5.74, 6) is 6.09. The number of nitrogens with two attached hydrogens (primary N) is 3. The zero-order chi connectivity index (χ0) is 15.2. The first-order valence-electron chi connectivity index (χ1n) is 6.21. The van der Waals surface area contributed by atoms with Crippen LogP contribution in [0.2, 0.25) is 0 Å². The Labute approximate surface area is 122 Å².